The minimum Gasteiger partial charge on any atom is -0.484 e. The molecular formula is C15H15ClN2O2. The summed E-state index contributed by atoms with van der Waals surface area (Å²) in [7, 11) is 0. The predicted molar refractivity (Wildman–Crippen MR) is 81.2 cm³/mol. The van der Waals surface area contributed by atoms with E-state index >= 15 is 0 Å². The summed E-state index contributed by atoms with van der Waals surface area (Å²) in [5.41, 5.74) is 7.78. The van der Waals surface area contributed by atoms with E-state index in [-0.39, 0.29) is 12.5 Å². The number of anilines is 2. The van der Waals surface area contributed by atoms with Crippen molar-refractivity contribution < 1.29 is 9.53 Å². The summed E-state index contributed by atoms with van der Waals surface area (Å²) in [5, 5.41) is 3.09. The van der Waals surface area contributed by atoms with Gasteiger partial charge in [0.2, 0.25) is 0 Å². The van der Waals surface area contributed by atoms with Crippen molar-refractivity contribution in [3.05, 3.63) is 53.1 Å². The van der Waals surface area contributed by atoms with Crippen LogP contribution in [-0.4, -0.2) is 12.5 Å². The minimum absolute atomic E-state index is 0.0891. The molecule has 0 bridgehead atoms. The van der Waals surface area contributed by atoms with E-state index in [4.69, 9.17) is 22.1 Å². The monoisotopic (exact) mass is 290 g/mol. The molecule has 5 heteroatoms. The molecule has 0 saturated carbocycles. The first-order chi connectivity index (χ1) is 9.54. The third-order valence-corrected chi connectivity index (χ3v) is 2.99. The van der Waals surface area contributed by atoms with Gasteiger partial charge in [-0.25, -0.2) is 0 Å². The number of benzene rings is 2. The number of nitrogens with one attached hydrogen (secondary N) is 1. The highest BCUT2D eigenvalue weighted by Crippen LogP contribution is 2.24. The maximum absolute atomic E-state index is 11.8. The molecule has 3 N–H and O–H groups in total. The Morgan fingerprint density at radius 3 is 2.65 bits per heavy atom. The van der Waals surface area contributed by atoms with Crippen LogP contribution in [0.4, 0.5) is 11.4 Å². The molecule has 104 valence electrons. The summed E-state index contributed by atoms with van der Waals surface area (Å²) in [6.07, 6.45) is 0. The van der Waals surface area contributed by atoms with Crippen LogP contribution in [0.5, 0.6) is 5.75 Å². The van der Waals surface area contributed by atoms with Gasteiger partial charge < -0.3 is 15.8 Å². The Morgan fingerprint density at radius 1 is 1.25 bits per heavy atom. The predicted octanol–water partition coefficient (Wildman–Crippen LogP) is 3.25. The maximum atomic E-state index is 11.8. The van der Waals surface area contributed by atoms with Gasteiger partial charge in [0.15, 0.2) is 6.61 Å². The maximum Gasteiger partial charge on any atom is 0.262 e. The summed E-state index contributed by atoms with van der Waals surface area (Å²) in [5.74, 6) is 0.350. The van der Waals surface area contributed by atoms with E-state index in [9.17, 15) is 4.79 Å². The lowest BCUT2D eigenvalue weighted by Crippen LogP contribution is -2.20. The first kappa shape index (κ1) is 14.2. The number of rotatable bonds is 4. The molecule has 20 heavy (non-hydrogen) atoms. The number of halogens is 1. The first-order valence-corrected chi connectivity index (χ1v) is 6.47. The minimum atomic E-state index is -0.293. The number of aryl methyl sites for hydroxylation is 1. The van der Waals surface area contributed by atoms with Crippen molar-refractivity contribution >= 4 is 28.9 Å². The second kappa shape index (κ2) is 6.30. The Balaban J connectivity index is 1.92. The van der Waals surface area contributed by atoms with E-state index in [2.05, 4.69) is 5.32 Å². The number of nitrogen functional groups attached to an aromatic ring is 1. The van der Waals surface area contributed by atoms with Crippen LogP contribution in [0.2, 0.25) is 5.02 Å². The summed E-state index contributed by atoms with van der Waals surface area (Å²) < 4.78 is 5.38. The van der Waals surface area contributed by atoms with Crippen LogP contribution in [0.15, 0.2) is 42.5 Å². The number of amides is 1. The van der Waals surface area contributed by atoms with Crippen LogP contribution in [-0.2, 0) is 4.79 Å². The van der Waals surface area contributed by atoms with E-state index in [1.54, 1.807) is 18.2 Å². The summed E-state index contributed by atoms with van der Waals surface area (Å²) >= 11 is 5.96. The second-order valence-corrected chi connectivity index (χ2v) is 4.80. The smallest absolute Gasteiger partial charge is 0.262 e. The van der Waals surface area contributed by atoms with Crippen LogP contribution < -0.4 is 15.8 Å². The molecule has 0 saturated heterocycles. The molecule has 0 aromatic heterocycles. The summed E-state index contributed by atoms with van der Waals surface area (Å²) in [6, 6.07) is 12.4. The number of nitrogens with two attached hydrogens (primary N) is 1. The van der Waals surface area contributed by atoms with Crippen molar-refractivity contribution in [1.29, 1.82) is 0 Å². The van der Waals surface area contributed by atoms with Gasteiger partial charge in [-0.1, -0.05) is 29.3 Å². The Bertz CT molecular complexity index is 612. The average Bonchev–Trinajstić information content (AvgIpc) is 2.42. The topological polar surface area (TPSA) is 64.3 Å². The zero-order valence-electron chi connectivity index (χ0n) is 11.0. The quantitative estimate of drug-likeness (QED) is 0.850. The van der Waals surface area contributed by atoms with Crippen LogP contribution in [0, 0.1) is 6.92 Å². The Morgan fingerprint density at radius 2 is 1.95 bits per heavy atom. The normalized spacial score (nSPS) is 10.1. The van der Waals surface area contributed by atoms with E-state index in [0.717, 1.165) is 5.56 Å². The van der Waals surface area contributed by atoms with Crippen molar-refractivity contribution in [1.82, 2.24) is 0 Å². The molecule has 0 aliphatic heterocycles. The molecule has 0 heterocycles. The van der Waals surface area contributed by atoms with Crippen molar-refractivity contribution in [2.24, 2.45) is 0 Å². The molecule has 4 nitrogen and oxygen atoms in total. The summed E-state index contributed by atoms with van der Waals surface area (Å²) in [4.78, 5) is 11.8. The third kappa shape index (κ3) is 3.90. The van der Waals surface area contributed by atoms with E-state index < -0.39 is 0 Å². The molecular weight excluding hydrogens is 276 g/mol. The molecule has 0 spiro atoms. The number of carbonyl (C=O) groups is 1. The zero-order valence-corrected chi connectivity index (χ0v) is 11.8. The fourth-order valence-corrected chi connectivity index (χ4v) is 1.77. The third-order valence-electron chi connectivity index (χ3n) is 2.66. The van der Waals surface area contributed by atoms with Gasteiger partial charge in [0, 0.05) is 5.69 Å². The SMILES string of the molecule is Cc1ccc(OCC(=O)Nc2cc(N)ccc2Cl)cc1. The Labute approximate surface area is 122 Å². The first-order valence-electron chi connectivity index (χ1n) is 6.09. The lowest BCUT2D eigenvalue weighted by Gasteiger charge is -2.09. The van der Waals surface area contributed by atoms with Crippen LogP contribution in [0.3, 0.4) is 0 Å². The van der Waals surface area contributed by atoms with Gasteiger partial charge in [-0.3, -0.25) is 4.79 Å². The molecule has 0 fully saturated rings. The van der Waals surface area contributed by atoms with Crippen molar-refractivity contribution in [3.63, 3.8) is 0 Å². The van der Waals surface area contributed by atoms with Crippen LogP contribution in [0.1, 0.15) is 5.56 Å². The van der Waals surface area contributed by atoms with Gasteiger partial charge in [0.1, 0.15) is 5.75 Å². The highest BCUT2D eigenvalue weighted by molar-refractivity contribution is 6.33. The second-order valence-electron chi connectivity index (χ2n) is 4.39. The number of hydrogen-bond acceptors (Lipinski definition) is 3. The highest BCUT2D eigenvalue weighted by Gasteiger charge is 2.07. The lowest BCUT2D eigenvalue weighted by atomic mass is 10.2. The van der Waals surface area contributed by atoms with Gasteiger partial charge in [-0.05, 0) is 37.3 Å². The van der Waals surface area contributed by atoms with E-state index in [1.165, 1.54) is 0 Å². The van der Waals surface area contributed by atoms with Gasteiger partial charge >= 0.3 is 0 Å². The fourth-order valence-electron chi connectivity index (χ4n) is 1.61. The standard InChI is InChI=1S/C15H15ClN2O2/c1-10-2-5-12(6-3-10)20-9-15(19)18-14-8-11(17)4-7-13(14)16/h2-8H,9,17H2,1H3,(H,18,19). The number of hydrogen-bond donors (Lipinski definition) is 2. The average molecular weight is 291 g/mol. The molecule has 1 amide bonds. The molecule has 0 unspecified atom stereocenters. The largest absolute Gasteiger partial charge is 0.484 e. The zero-order chi connectivity index (χ0) is 14.5. The van der Waals surface area contributed by atoms with E-state index in [0.29, 0.717) is 22.1 Å². The number of carbonyl (C=O) groups excluding carboxylic acids is 1. The lowest BCUT2D eigenvalue weighted by molar-refractivity contribution is -0.118. The Kier molecular flexibility index (Phi) is 4.48. The van der Waals surface area contributed by atoms with Crippen molar-refractivity contribution in [2.45, 2.75) is 6.92 Å². The molecule has 0 radical (unpaired) electrons. The van der Waals surface area contributed by atoms with Gasteiger partial charge in [0.05, 0.1) is 10.7 Å². The molecule has 0 aliphatic carbocycles. The molecule has 0 aliphatic rings. The molecule has 2 aromatic rings. The molecule has 2 aromatic carbocycles. The molecule has 0 atom stereocenters. The molecule has 2 rings (SSSR count). The van der Waals surface area contributed by atoms with Gasteiger partial charge in [-0.15, -0.1) is 0 Å². The summed E-state index contributed by atoms with van der Waals surface area (Å²) in [6.45, 7) is 1.90. The number of ether oxygens (including phenoxy) is 1. The van der Waals surface area contributed by atoms with Gasteiger partial charge in [0.25, 0.3) is 5.91 Å². The van der Waals surface area contributed by atoms with E-state index in [1.807, 2.05) is 31.2 Å². The Hall–Kier alpha value is -2.20. The van der Waals surface area contributed by atoms with Crippen LogP contribution in [0.25, 0.3) is 0 Å². The fraction of sp³-hybridized carbons (Fsp3) is 0.133. The van der Waals surface area contributed by atoms with Crippen molar-refractivity contribution in [2.75, 3.05) is 17.7 Å². The van der Waals surface area contributed by atoms with Crippen molar-refractivity contribution in [3.8, 4) is 5.75 Å². The highest BCUT2D eigenvalue weighted by atomic mass is 35.5. The van der Waals surface area contributed by atoms with Crippen LogP contribution >= 0.6 is 11.6 Å². The van der Waals surface area contributed by atoms with Gasteiger partial charge in [-0.2, -0.15) is 0 Å².